The molecule has 0 radical (unpaired) electrons. The highest BCUT2D eigenvalue weighted by molar-refractivity contribution is 9.10. The minimum absolute atomic E-state index is 0.0919. The van der Waals surface area contributed by atoms with E-state index in [4.69, 9.17) is 9.47 Å². The van der Waals surface area contributed by atoms with E-state index in [2.05, 4.69) is 20.9 Å². The molecule has 1 heterocycles. The van der Waals surface area contributed by atoms with Crippen molar-refractivity contribution in [1.82, 2.24) is 4.98 Å². The summed E-state index contributed by atoms with van der Waals surface area (Å²) in [4.78, 5) is 15.5. The van der Waals surface area contributed by atoms with Gasteiger partial charge in [0.25, 0.3) is 0 Å². The lowest BCUT2D eigenvalue weighted by Gasteiger charge is -2.14. The number of halogens is 1. The van der Waals surface area contributed by atoms with E-state index in [0.29, 0.717) is 40.3 Å². The lowest BCUT2D eigenvalue weighted by molar-refractivity contribution is -0.120. The maximum Gasteiger partial charge on any atom is 0.145 e. The van der Waals surface area contributed by atoms with Crippen molar-refractivity contribution >= 4 is 21.7 Å². The summed E-state index contributed by atoms with van der Waals surface area (Å²) < 4.78 is 12.1. The number of pyridine rings is 1. The Morgan fingerprint density at radius 1 is 1.17 bits per heavy atom. The first-order valence-electron chi connectivity index (χ1n) is 9.24. The molecule has 3 aromatic rings. The van der Waals surface area contributed by atoms with Gasteiger partial charge in [-0.25, -0.2) is 0 Å². The van der Waals surface area contributed by atoms with E-state index in [-0.39, 0.29) is 17.5 Å². The van der Waals surface area contributed by atoms with Crippen LogP contribution in [0.15, 0.2) is 65.4 Å². The van der Waals surface area contributed by atoms with E-state index in [1.807, 2.05) is 43.3 Å². The predicted molar refractivity (Wildman–Crippen MR) is 114 cm³/mol. The molecular weight excluding hydrogens is 434 g/mol. The van der Waals surface area contributed by atoms with Gasteiger partial charge in [-0.15, -0.1) is 0 Å². The second kappa shape index (κ2) is 9.56. The molecule has 3 rings (SSSR count). The number of rotatable bonds is 8. The van der Waals surface area contributed by atoms with E-state index in [1.165, 1.54) is 0 Å². The topological polar surface area (TPSA) is 68.7 Å². The van der Waals surface area contributed by atoms with Crippen LogP contribution >= 0.6 is 15.9 Å². The molecule has 0 bridgehead atoms. The molecule has 1 atom stereocenters. The molecule has 1 unspecified atom stereocenters. The normalized spacial score (nSPS) is 11.7. The van der Waals surface area contributed by atoms with Gasteiger partial charge in [0.05, 0.1) is 6.20 Å². The third-order valence-electron chi connectivity index (χ3n) is 4.55. The predicted octanol–water partition coefficient (Wildman–Crippen LogP) is 5.69. The van der Waals surface area contributed by atoms with Gasteiger partial charge in [0.2, 0.25) is 0 Å². The summed E-state index contributed by atoms with van der Waals surface area (Å²) in [5, 5.41) is 10.5. The van der Waals surface area contributed by atoms with Crippen molar-refractivity contribution in [2.24, 2.45) is 5.92 Å². The largest absolute Gasteiger partial charge is 0.506 e. The summed E-state index contributed by atoms with van der Waals surface area (Å²) in [7, 11) is 0. The van der Waals surface area contributed by atoms with Gasteiger partial charge in [-0.1, -0.05) is 25.1 Å². The molecule has 5 nitrogen and oxygen atoms in total. The average Bonchev–Trinajstić information content (AvgIpc) is 2.72. The van der Waals surface area contributed by atoms with Crippen LogP contribution in [-0.4, -0.2) is 15.9 Å². The van der Waals surface area contributed by atoms with Gasteiger partial charge < -0.3 is 14.6 Å². The third-order valence-corrected chi connectivity index (χ3v) is 5.31. The molecule has 150 valence electrons. The van der Waals surface area contributed by atoms with Gasteiger partial charge in [0, 0.05) is 12.1 Å². The molecule has 0 aliphatic rings. The number of carbonyl (C=O) groups excluding carboxylic acids is 1. The molecule has 0 amide bonds. The summed E-state index contributed by atoms with van der Waals surface area (Å²) in [6, 6.07) is 14.8. The lowest BCUT2D eigenvalue weighted by Crippen LogP contribution is -2.09. The zero-order valence-electron chi connectivity index (χ0n) is 16.3. The van der Waals surface area contributed by atoms with E-state index < -0.39 is 0 Å². The van der Waals surface area contributed by atoms with Crippen LogP contribution in [0, 0.1) is 5.92 Å². The first kappa shape index (κ1) is 20.9. The van der Waals surface area contributed by atoms with Crippen molar-refractivity contribution in [3.63, 3.8) is 0 Å². The van der Waals surface area contributed by atoms with Gasteiger partial charge in [0.1, 0.15) is 39.9 Å². The number of ketones is 1. The Morgan fingerprint density at radius 3 is 2.69 bits per heavy atom. The molecule has 1 N–H and O–H groups in total. The molecule has 29 heavy (non-hydrogen) atoms. The molecule has 0 aliphatic heterocycles. The van der Waals surface area contributed by atoms with E-state index in [1.54, 1.807) is 31.5 Å². The number of nitrogens with zero attached hydrogens (tertiary/aromatic N) is 1. The minimum atomic E-state index is -0.151. The SMILES string of the molecule is CC(=O)C(C)Cc1ccc(OCc2cccc(Oc3cccnc3)c2)c(Br)c1O. The zero-order valence-corrected chi connectivity index (χ0v) is 17.8. The number of hydrogen-bond acceptors (Lipinski definition) is 5. The Morgan fingerprint density at radius 2 is 1.97 bits per heavy atom. The summed E-state index contributed by atoms with van der Waals surface area (Å²) in [5.74, 6) is 1.92. The van der Waals surface area contributed by atoms with Crippen LogP contribution in [-0.2, 0) is 17.8 Å². The molecule has 0 spiro atoms. The van der Waals surface area contributed by atoms with E-state index in [9.17, 15) is 9.90 Å². The van der Waals surface area contributed by atoms with Crippen LogP contribution in [0.4, 0.5) is 0 Å². The Hall–Kier alpha value is -2.86. The van der Waals surface area contributed by atoms with Gasteiger partial charge in [0.15, 0.2) is 0 Å². The number of phenols is 1. The van der Waals surface area contributed by atoms with E-state index >= 15 is 0 Å². The van der Waals surface area contributed by atoms with Crippen molar-refractivity contribution in [2.45, 2.75) is 26.9 Å². The molecule has 2 aromatic carbocycles. The molecule has 0 aliphatic carbocycles. The van der Waals surface area contributed by atoms with E-state index in [0.717, 1.165) is 5.56 Å². The number of carbonyl (C=O) groups is 1. The molecule has 1 aromatic heterocycles. The monoisotopic (exact) mass is 455 g/mol. The number of Topliss-reactive ketones (excluding diaryl/α,β-unsaturated/α-hetero) is 1. The maximum absolute atomic E-state index is 11.5. The number of aromatic nitrogens is 1. The molecular formula is C23H22BrNO4. The Balaban J connectivity index is 1.67. The second-order valence-corrected chi connectivity index (χ2v) is 7.62. The first-order valence-corrected chi connectivity index (χ1v) is 10.0. The van der Waals surface area contributed by atoms with Crippen molar-refractivity contribution in [2.75, 3.05) is 0 Å². The second-order valence-electron chi connectivity index (χ2n) is 6.83. The summed E-state index contributed by atoms with van der Waals surface area (Å²) in [6.07, 6.45) is 3.82. The standard InChI is InChI=1S/C23H22BrNO4/c1-15(16(2)26)11-18-8-9-21(22(24)23(18)27)28-14-17-5-3-6-19(12-17)29-20-7-4-10-25-13-20/h3-10,12-13,15,27H,11,14H2,1-2H3. The number of hydrogen-bond donors (Lipinski definition) is 1. The van der Waals surface area contributed by atoms with Crippen LogP contribution < -0.4 is 9.47 Å². The minimum Gasteiger partial charge on any atom is -0.506 e. The number of ether oxygens (including phenoxy) is 2. The fourth-order valence-corrected chi connectivity index (χ4v) is 3.24. The van der Waals surface area contributed by atoms with Crippen LogP contribution in [0.1, 0.15) is 25.0 Å². The van der Waals surface area contributed by atoms with Gasteiger partial charge in [-0.3, -0.25) is 9.78 Å². The average molecular weight is 456 g/mol. The van der Waals surface area contributed by atoms with Gasteiger partial charge >= 0.3 is 0 Å². The van der Waals surface area contributed by atoms with Crippen molar-refractivity contribution < 1.29 is 19.4 Å². The van der Waals surface area contributed by atoms with Crippen LogP contribution in [0.3, 0.4) is 0 Å². The molecule has 0 fully saturated rings. The Kier molecular flexibility index (Phi) is 6.88. The maximum atomic E-state index is 11.5. The Bertz CT molecular complexity index is 991. The highest BCUT2D eigenvalue weighted by atomic mass is 79.9. The summed E-state index contributed by atoms with van der Waals surface area (Å²) in [5.41, 5.74) is 1.63. The molecule has 0 saturated carbocycles. The number of aromatic hydroxyl groups is 1. The molecule has 6 heteroatoms. The third kappa shape index (κ3) is 5.57. The fourth-order valence-electron chi connectivity index (χ4n) is 2.74. The molecule has 0 saturated heterocycles. The highest BCUT2D eigenvalue weighted by Gasteiger charge is 2.16. The van der Waals surface area contributed by atoms with Crippen LogP contribution in [0.25, 0.3) is 0 Å². The van der Waals surface area contributed by atoms with Crippen LogP contribution in [0.2, 0.25) is 0 Å². The quantitative estimate of drug-likeness (QED) is 0.472. The van der Waals surface area contributed by atoms with Crippen molar-refractivity contribution in [3.8, 4) is 23.0 Å². The van der Waals surface area contributed by atoms with Crippen LogP contribution in [0.5, 0.6) is 23.0 Å². The Labute approximate surface area is 178 Å². The van der Waals surface area contributed by atoms with Crippen molar-refractivity contribution in [1.29, 1.82) is 0 Å². The first-order chi connectivity index (χ1) is 13.9. The van der Waals surface area contributed by atoms with Gasteiger partial charge in [-0.2, -0.15) is 0 Å². The smallest absolute Gasteiger partial charge is 0.145 e. The fraction of sp³-hybridized carbons (Fsp3) is 0.217. The highest BCUT2D eigenvalue weighted by Crippen LogP contribution is 2.38. The van der Waals surface area contributed by atoms with Gasteiger partial charge in [-0.05, 0) is 70.7 Å². The zero-order chi connectivity index (χ0) is 20.8. The number of phenolic OH excluding ortho intramolecular Hbond substituents is 1. The summed E-state index contributed by atoms with van der Waals surface area (Å²) in [6.45, 7) is 3.71. The lowest BCUT2D eigenvalue weighted by atomic mass is 9.97. The summed E-state index contributed by atoms with van der Waals surface area (Å²) >= 11 is 3.40. The number of benzene rings is 2. The van der Waals surface area contributed by atoms with Crippen molar-refractivity contribution in [3.05, 3.63) is 76.5 Å².